The van der Waals surface area contributed by atoms with Gasteiger partial charge in [-0.3, -0.25) is 9.67 Å². The zero-order valence-corrected chi connectivity index (χ0v) is 10.7. The van der Waals surface area contributed by atoms with Gasteiger partial charge in [-0.15, -0.1) is 0 Å². The van der Waals surface area contributed by atoms with E-state index < -0.39 is 0 Å². The van der Waals surface area contributed by atoms with Crippen molar-refractivity contribution >= 4 is 11.9 Å². The van der Waals surface area contributed by atoms with Gasteiger partial charge in [0.2, 0.25) is 0 Å². The molecule has 0 N–H and O–H groups in total. The Morgan fingerprint density at radius 3 is 3.21 bits per heavy atom. The van der Waals surface area contributed by atoms with Gasteiger partial charge in [-0.1, -0.05) is 6.07 Å². The molecular weight excluding hydrogens is 242 g/mol. The summed E-state index contributed by atoms with van der Waals surface area (Å²) in [6.07, 6.45) is 1.76. The van der Waals surface area contributed by atoms with Crippen LogP contribution in [0.5, 0.6) is 5.75 Å². The van der Waals surface area contributed by atoms with Crippen LogP contribution in [0.3, 0.4) is 0 Å². The zero-order valence-electron chi connectivity index (χ0n) is 10.7. The summed E-state index contributed by atoms with van der Waals surface area (Å²) in [7, 11) is 1.65. The molecule has 0 bridgehead atoms. The molecule has 1 aliphatic heterocycles. The third-order valence-electron chi connectivity index (χ3n) is 2.98. The molecule has 5 nitrogen and oxygen atoms in total. The number of fused-ring (bicyclic) bond motifs is 1. The summed E-state index contributed by atoms with van der Waals surface area (Å²) >= 11 is 0. The van der Waals surface area contributed by atoms with Gasteiger partial charge in [-0.2, -0.15) is 5.10 Å². The molecule has 0 saturated carbocycles. The Labute approximate surface area is 111 Å². The number of aromatic nitrogens is 2. The number of aliphatic imine (C=N–C) groups is 1. The van der Waals surface area contributed by atoms with E-state index in [0.29, 0.717) is 6.61 Å². The lowest BCUT2D eigenvalue weighted by Gasteiger charge is -2.12. The van der Waals surface area contributed by atoms with Gasteiger partial charge in [0.1, 0.15) is 11.4 Å². The number of nitrogens with zero attached hydrogens (tertiary/aromatic N) is 3. The highest BCUT2D eigenvalue weighted by Crippen LogP contribution is 2.19. The molecule has 1 aromatic heterocycles. The molecule has 0 amide bonds. The molecule has 19 heavy (non-hydrogen) atoms. The molecule has 0 atom stereocenters. The van der Waals surface area contributed by atoms with Gasteiger partial charge in [0.15, 0.2) is 0 Å². The van der Waals surface area contributed by atoms with Crippen molar-refractivity contribution < 1.29 is 9.47 Å². The smallest absolute Gasteiger partial charge is 0.121 e. The third-order valence-corrected chi connectivity index (χ3v) is 2.98. The molecule has 2 aromatic rings. The van der Waals surface area contributed by atoms with E-state index in [9.17, 15) is 0 Å². The van der Waals surface area contributed by atoms with Crippen LogP contribution in [0.1, 0.15) is 11.4 Å². The molecule has 0 aliphatic carbocycles. The maximum atomic E-state index is 5.38. The molecule has 3 rings (SSSR count). The molecule has 98 valence electrons. The van der Waals surface area contributed by atoms with E-state index >= 15 is 0 Å². The number of rotatable bonds is 3. The molecule has 0 spiro atoms. The highest BCUT2D eigenvalue weighted by Gasteiger charge is 2.11. The van der Waals surface area contributed by atoms with E-state index in [2.05, 4.69) is 10.1 Å². The highest BCUT2D eigenvalue weighted by atomic mass is 16.5. The maximum Gasteiger partial charge on any atom is 0.121 e. The van der Waals surface area contributed by atoms with Crippen LogP contribution in [0.15, 0.2) is 35.3 Å². The first kappa shape index (κ1) is 11.9. The monoisotopic (exact) mass is 257 g/mol. The minimum absolute atomic E-state index is 0.625. The molecular formula is C14H15N3O2. The van der Waals surface area contributed by atoms with Gasteiger partial charge in [0.25, 0.3) is 0 Å². The van der Waals surface area contributed by atoms with Crippen molar-refractivity contribution in [2.45, 2.75) is 13.2 Å². The second-order valence-corrected chi connectivity index (χ2v) is 4.30. The lowest BCUT2D eigenvalue weighted by Crippen LogP contribution is -2.16. The largest absolute Gasteiger partial charge is 0.497 e. The van der Waals surface area contributed by atoms with Gasteiger partial charge in [-0.05, 0) is 18.2 Å². The predicted octanol–water partition coefficient (Wildman–Crippen LogP) is 2.17. The molecule has 1 aromatic carbocycles. The molecule has 2 heterocycles. The second kappa shape index (κ2) is 5.24. The SMILES string of the molecule is COc1cccc(N=Cc2cc3n(n2)CCOC3)c1. The van der Waals surface area contributed by atoms with E-state index in [0.717, 1.165) is 36.0 Å². The normalized spacial score (nSPS) is 14.6. The highest BCUT2D eigenvalue weighted by molar-refractivity contribution is 5.79. The first-order valence-electron chi connectivity index (χ1n) is 6.18. The van der Waals surface area contributed by atoms with E-state index in [4.69, 9.17) is 9.47 Å². The summed E-state index contributed by atoms with van der Waals surface area (Å²) in [6.45, 7) is 2.16. The summed E-state index contributed by atoms with van der Waals surface area (Å²) < 4.78 is 12.5. The summed E-state index contributed by atoms with van der Waals surface area (Å²) in [6, 6.07) is 9.62. The Hall–Kier alpha value is -2.14. The quantitative estimate of drug-likeness (QED) is 0.792. The summed E-state index contributed by atoms with van der Waals surface area (Å²) in [4.78, 5) is 4.41. The summed E-state index contributed by atoms with van der Waals surface area (Å²) in [5, 5.41) is 4.46. The number of ether oxygens (including phenoxy) is 2. The molecule has 0 unspecified atom stereocenters. The number of hydrogen-bond acceptors (Lipinski definition) is 4. The maximum absolute atomic E-state index is 5.38. The average molecular weight is 257 g/mol. The van der Waals surface area contributed by atoms with E-state index in [1.54, 1.807) is 13.3 Å². The minimum Gasteiger partial charge on any atom is -0.497 e. The van der Waals surface area contributed by atoms with E-state index in [1.165, 1.54) is 0 Å². The first-order chi connectivity index (χ1) is 9.35. The molecule has 5 heteroatoms. The van der Waals surface area contributed by atoms with Crippen LogP contribution >= 0.6 is 0 Å². The van der Waals surface area contributed by atoms with Crippen molar-refractivity contribution in [3.8, 4) is 5.75 Å². The fourth-order valence-electron chi connectivity index (χ4n) is 2.01. The molecule has 0 saturated heterocycles. The van der Waals surface area contributed by atoms with Gasteiger partial charge in [-0.25, -0.2) is 0 Å². The van der Waals surface area contributed by atoms with Gasteiger partial charge in [0.05, 0.1) is 44.5 Å². The van der Waals surface area contributed by atoms with Crippen molar-refractivity contribution in [1.29, 1.82) is 0 Å². The lowest BCUT2D eigenvalue weighted by atomic mass is 10.3. The van der Waals surface area contributed by atoms with Crippen molar-refractivity contribution in [3.05, 3.63) is 41.7 Å². The van der Waals surface area contributed by atoms with Crippen LogP contribution in [-0.4, -0.2) is 29.7 Å². The fraction of sp³-hybridized carbons (Fsp3) is 0.286. The van der Waals surface area contributed by atoms with E-state index in [1.807, 2.05) is 35.0 Å². The third kappa shape index (κ3) is 2.66. The molecule has 0 radical (unpaired) electrons. The average Bonchev–Trinajstić information content (AvgIpc) is 2.88. The summed E-state index contributed by atoms with van der Waals surface area (Å²) in [5.74, 6) is 0.798. The van der Waals surface area contributed by atoms with Crippen molar-refractivity contribution in [2.24, 2.45) is 4.99 Å². The minimum atomic E-state index is 0.625. The van der Waals surface area contributed by atoms with Crippen molar-refractivity contribution in [1.82, 2.24) is 9.78 Å². The zero-order chi connectivity index (χ0) is 13.1. The van der Waals surface area contributed by atoms with Gasteiger partial charge < -0.3 is 9.47 Å². The van der Waals surface area contributed by atoms with Crippen LogP contribution in [0.2, 0.25) is 0 Å². The first-order valence-corrected chi connectivity index (χ1v) is 6.18. The van der Waals surface area contributed by atoms with Crippen molar-refractivity contribution in [2.75, 3.05) is 13.7 Å². The lowest BCUT2D eigenvalue weighted by molar-refractivity contribution is 0.0800. The molecule has 1 aliphatic rings. The summed E-state index contributed by atoms with van der Waals surface area (Å²) in [5.41, 5.74) is 2.79. The Balaban J connectivity index is 1.80. The van der Waals surface area contributed by atoms with E-state index in [-0.39, 0.29) is 0 Å². The van der Waals surface area contributed by atoms with Crippen LogP contribution in [0, 0.1) is 0 Å². The van der Waals surface area contributed by atoms with Gasteiger partial charge in [0, 0.05) is 6.07 Å². The Bertz CT molecular complexity index is 581. The Morgan fingerprint density at radius 2 is 2.37 bits per heavy atom. The Morgan fingerprint density at radius 1 is 1.42 bits per heavy atom. The second-order valence-electron chi connectivity index (χ2n) is 4.30. The van der Waals surface area contributed by atoms with Gasteiger partial charge >= 0.3 is 0 Å². The van der Waals surface area contributed by atoms with Crippen LogP contribution in [-0.2, 0) is 17.9 Å². The van der Waals surface area contributed by atoms with Crippen LogP contribution in [0.4, 0.5) is 5.69 Å². The van der Waals surface area contributed by atoms with Crippen LogP contribution in [0.25, 0.3) is 0 Å². The number of methoxy groups -OCH3 is 1. The predicted molar refractivity (Wildman–Crippen MR) is 72.1 cm³/mol. The Kier molecular flexibility index (Phi) is 3.29. The number of hydrogen-bond donors (Lipinski definition) is 0. The number of benzene rings is 1. The topological polar surface area (TPSA) is 48.6 Å². The molecule has 0 fully saturated rings. The fourth-order valence-corrected chi connectivity index (χ4v) is 2.01. The van der Waals surface area contributed by atoms with Crippen molar-refractivity contribution in [3.63, 3.8) is 0 Å². The van der Waals surface area contributed by atoms with Crippen LogP contribution < -0.4 is 4.74 Å². The standard InChI is InChI=1S/C14H15N3O2/c1-18-14-4-2-3-11(8-14)15-9-12-7-13-10-19-6-5-17(13)16-12/h2-4,7-9H,5-6,10H2,1H3.